The Hall–Kier alpha value is -0.310. The molecule has 17 heavy (non-hydrogen) atoms. The van der Waals surface area contributed by atoms with Gasteiger partial charge in [-0.2, -0.15) is 5.10 Å². The SMILES string of the molecule is CCCC(C)(CBr)Cc1cc(CC)nn1CC. The molecule has 0 aliphatic rings. The Labute approximate surface area is 114 Å². The minimum absolute atomic E-state index is 0.354. The molecule has 0 aliphatic carbocycles. The lowest BCUT2D eigenvalue weighted by Crippen LogP contribution is -2.23. The van der Waals surface area contributed by atoms with Crippen LogP contribution in [0, 0.1) is 5.41 Å². The second-order valence-corrected chi connectivity index (χ2v) is 5.73. The molecule has 0 bridgehead atoms. The van der Waals surface area contributed by atoms with Crippen LogP contribution in [0.15, 0.2) is 6.07 Å². The van der Waals surface area contributed by atoms with Gasteiger partial charge in [-0.15, -0.1) is 0 Å². The molecule has 0 N–H and O–H groups in total. The smallest absolute Gasteiger partial charge is 0.0624 e. The van der Waals surface area contributed by atoms with Crippen molar-refractivity contribution in [3.05, 3.63) is 17.5 Å². The highest BCUT2D eigenvalue weighted by molar-refractivity contribution is 9.09. The van der Waals surface area contributed by atoms with Crippen LogP contribution in [0.3, 0.4) is 0 Å². The first kappa shape index (κ1) is 14.7. The lowest BCUT2D eigenvalue weighted by atomic mass is 9.83. The van der Waals surface area contributed by atoms with Crippen LogP contribution in [-0.4, -0.2) is 15.1 Å². The maximum atomic E-state index is 4.63. The van der Waals surface area contributed by atoms with E-state index >= 15 is 0 Å². The number of aryl methyl sites for hydroxylation is 2. The van der Waals surface area contributed by atoms with Crippen LogP contribution < -0.4 is 0 Å². The van der Waals surface area contributed by atoms with E-state index in [1.54, 1.807) is 0 Å². The molecule has 0 radical (unpaired) electrons. The molecule has 0 amide bonds. The highest BCUT2D eigenvalue weighted by Crippen LogP contribution is 2.30. The fourth-order valence-corrected chi connectivity index (χ4v) is 2.83. The normalized spacial score (nSPS) is 14.9. The molecule has 1 unspecified atom stereocenters. The summed E-state index contributed by atoms with van der Waals surface area (Å²) >= 11 is 3.67. The first-order chi connectivity index (χ1) is 8.08. The predicted molar refractivity (Wildman–Crippen MR) is 77.8 cm³/mol. The molecule has 0 aliphatic heterocycles. The zero-order chi connectivity index (χ0) is 12.9. The van der Waals surface area contributed by atoms with E-state index in [0.717, 1.165) is 24.7 Å². The Bertz CT molecular complexity index is 346. The Morgan fingerprint density at radius 1 is 1.35 bits per heavy atom. The van der Waals surface area contributed by atoms with Gasteiger partial charge in [-0.05, 0) is 37.7 Å². The van der Waals surface area contributed by atoms with Gasteiger partial charge in [0.25, 0.3) is 0 Å². The van der Waals surface area contributed by atoms with E-state index in [4.69, 9.17) is 0 Å². The van der Waals surface area contributed by atoms with Gasteiger partial charge in [0.1, 0.15) is 0 Å². The second kappa shape index (κ2) is 6.58. The lowest BCUT2D eigenvalue weighted by Gasteiger charge is -2.27. The van der Waals surface area contributed by atoms with Gasteiger partial charge in [0.05, 0.1) is 5.69 Å². The van der Waals surface area contributed by atoms with Crippen molar-refractivity contribution in [1.82, 2.24) is 9.78 Å². The van der Waals surface area contributed by atoms with Crippen molar-refractivity contribution in [2.24, 2.45) is 5.41 Å². The molecular weight excluding hydrogens is 276 g/mol. The molecule has 2 nitrogen and oxygen atoms in total. The highest BCUT2D eigenvalue weighted by Gasteiger charge is 2.24. The lowest BCUT2D eigenvalue weighted by molar-refractivity contribution is 0.330. The Morgan fingerprint density at radius 3 is 2.53 bits per heavy atom. The summed E-state index contributed by atoms with van der Waals surface area (Å²) in [6.45, 7) is 9.93. The van der Waals surface area contributed by atoms with Gasteiger partial charge in [0, 0.05) is 17.6 Å². The van der Waals surface area contributed by atoms with Crippen molar-refractivity contribution in [3.8, 4) is 0 Å². The van der Waals surface area contributed by atoms with E-state index in [1.165, 1.54) is 24.2 Å². The summed E-state index contributed by atoms with van der Waals surface area (Å²) in [5.74, 6) is 0. The third-order valence-corrected chi connectivity index (χ3v) is 4.71. The molecule has 3 heteroatoms. The molecule has 0 saturated heterocycles. The number of hydrogen-bond acceptors (Lipinski definition) is 1. The van der Waals surface area contributed by atoms with Crippen LogP contribution in [-0.2, 0) is 19.4 Å². The Kier molecular flexibility index (Phi) is 5.71. The maximum absolute atomic E-state index is 4.63. The highest BCUT2D eigenvalue weighted by atomic mass is 79.9. The third kappa shape index (κ3) is 3.84. The Balaban J connectivity index is 2.88. The molecule has 0 aromatic carbocycles. The third-order valence-electron chi connectivity index (χ3n) is 3.36. The molecule has 1 aromatic heterocycles. The van der Waals surface area contributed by atoms with Gasteiger partial charge in [0.2, 0.25) is 0 Å². The second-order valence-electron chi connectivity index (χ2n) is 5.17. The summed E-state index contributed by atoms with van der Waals surface area (Å²) in [5, 5.41) is 5.69. The van der Waals surface area contributed by atoms with E-state index < -0.39 is 0 Å². The van der Waals surface area contributed by atoms with Crippen molar-refractivity contribution in [3.63, 3.8) is 0 Å². The molecule has 1 atom stereocenters. The van der Waals surface area contributed by atoms with E-state index in [2.05, 4.69) is 59.5 Å². The molecular formula is C14H25BrN2. The topological polar surface area (TPSA) is 17.8 Å². The fourth-order valence-electron chi connectivity index (χ4n) is 2.35. The van der Waals surface area contributed by atoms with Gasteiger partial charge in [0.15, 0.2) is 0 Å². The van der Waals surface area contributed by atoms with Crippen molar-refractivity contribution in [2.75, 3.05) is 5.33 Å². The van der Waals surface area contributed by atoms with Crippen LogP contribution in [0.4, 0.5) is 0 Å². The van der Waals surface area contributed by atoms with Crippen LogP contribution in [0.2, 0.25) is 0 Å². The number of alkyl halides is 1. The first-order valence-electron chi connectivity index (χ1n) is 6.70. The average molecular weight is 301 g/mol. The maximum Gasteiger partial charge on any atom is 0.0624 e. The van der Waals surface area contributed by atoms with E-state index in [9.17, 15) is 0 Å². The minimum atomic E-state index is 0.354. The molecule has 0 saturated carbocycles. The quantitative estimate of drug-likeness (QED) is 0.690. The number of halogens is 1. The molecule has 0 fully saturated rings. The number of rotatable bonds is 7. The van der Waals surface area contributed by atoms with Crippen LogP contribution in [0.1, 0.15) is 51.9 Å². The Morgan fingerprint density at radius 2 is 2.06 bits per heavy atom. The summed E-state index contributed by atoms with van der Waals surface area (Å²) in [5.41, 5.74) is 2.96. The van der Waals surface area contributed by atoms with Crippen molar-refractivity contribution >= 4 is 15.9 Å². The molecule has 1 heterocycles. The van der Waals surface area contributed by atoms with Crippen molar-refractivity contribution in [2.45, 2.75) is 59.9 Å². The van der Waals surface area contributed by atoms with Crippen molar-refractivity contribution < 1.29 is 0 Å². The van der Waals surface area contributed by atoms with E-state index in [1.807, 2.05) is 0 Å². The van der Waals surface area contributed by atoms with Crippen LogP contribution >= 0.6 is 15.9 Å². The molecule has 0 spiro atoms. The van der Waals surface area contributed by atoms with E-state index in [-0.39, 0.29) is 0 Å². The summed E-state index contributed by atoms with van der Waals surface area (Å²) < 4.78 is 2.16. The van der Waals surface area contributed by atoms with Crippen LogP contribution in [0.5, 0.6) is 0 Å². The molecule has 1 aromatic rings. The number of hydrogen-bond donors (Lipinski definition) is 0. The van der Waals surface area contributed by atoms with Gasteiger partial charge >= 0.3 is 0 Å². The summed E-state index contributed by atoms with van der Waals surface area (Å²) in [6, 6.07) is 2.28. The van der Waals surface area contributed by atoms with Gasteiger partial charge < -0.3 is 0 Å². The molecule has 1 rings (SSSR count). The van der Waals surface area contributed by atoms with Crippen molar-refractivity contribution in [1.29, 1.82) is 0 Å². The van der Waals surface area contributed by atoms with Gasteiger partial charge in [-0.25, -0.2) is 0 Å². The van der Waals surface area contributed by atoms with Crippen LogP contribution in [0.25, 0.3) is 0 Å². The summed E-state index contributed by atoms with van der Waals surface area (Å²) in [6.07, 6.45) is 4.64. The first-order valence-corrected chi connectivity index (χ1v) is 7.82. The van der Waals surface area contributed by atoms with Gasteiger partial charge in [-0.1, -0.05) is 43.1 Å². The molecule has 98 valence electrons. The summed E-state index contributed by atoms with van der Waals surface area (Å²) in [4.78, 5) is 0. The largest absolute Gasteiger partial charge is 0.270 e. The minimum Gasteiger partial charge on any atom is -0.270 e. The monoisotopic (exact) mass is 300 g/mol. The fraction of sp³-hybridized carbons (Fsp3) is 0.786. The van der Waals surface area contributed by atoms with Gasteiger partial charge in [-0.3, -0.25) is 4.68 Å². The standard InChI is InChI=1S/C14H25BrN2/c1-5-8-14(4,11-15)10-13-9-12(6-2)16-17(13)7-3/h9H,5-8,10-11H2,1-4H3. The zero-order valence-electron chi connectivity index (χ0n) is 11.6. The predicted octanol–water partition coefficient (Wildman–Crippen LogP) is 4.21. The number of nitrogens with zero attached hydrogens (tertiary/aromatic N) is 2. The van der Waals surface area contributed by atoms with E-state index in [0.29, 0.717) is 5.41 Å². The summed E-state index contributed by atoms with van der Waals surface area (Å²) in [7, 11) is 0. The zero-order valence-corrected chi connectivity index (χ0v) is 13.2. The average Bonchev–Trinajstić information content (AvgIpc) is 2.71. The number of aromatic nitrogens is 2.